The van der Waals surface area contributed by atoms with E-state index in [1.165, 1.54) is 0 Å². The first kappa shape index (κ1) is 12.7. The molecule has 0 rings (SSSR count). The second-order valence-corrected chi connectivity index (χ2v) is 4.03. The zero-order valence-corrected chi connectivity index (χ0v) is 7.22. The largest absolute Gasteiger partial charge is 0.390 e. The lowest BCUT2D eigenvalue weighted by Crippen LogP contribution is -2.56. The second-order valence-electron chi connectivity index (χ2n) is 2.53. The lowest BCUT2D eigenvalue weighted by Gasteiger charge is -2.25. The molecule has 0 fully saturated rings. The molecule has 8 nitrogen and oxygen atoms in total. The van der Waals surface area contributed by atoms with E-state index >= 15 is 0 Å². The molecule has 2 unspecified atom stereocenters. The average Bonchev–Trinajstić information content (AvgIpc) is 1.79. The first-order valence-electron chi connectivity index (χ1n) is 3.10. The molecule has 0 heterocycles. The summed E-state index contributed by atoms with van der Waals surface area (Å²) < 4.78 is 28.6. The van der Waals surface area contributed by atoms with Gasteiger partial charge in [0.25, 0.3) is 16.1 Å². The number of hydrogen-bond acceptors (Lipinski definition) is 7. The Morgan fingerprint density at radius 3 is 1.92 bits per heavy atom. The van der Waals surface area contributed by atoms with Crippen LogP contribution in [0.3, 0.4) is 0 Å². The maximum Gasteiger partial charge on any atom is 0.294 e. The molecule has 0 amide bonds. The minimum absolute atomic E-state index is 1.20. The topological polar surface area (TPSA) is 161 Å². The van der Waals surface area contributed by atoms with Crippen LogP contribution in [0.4, 0.5) is 0 Å². The highest BCUT2D eigenvalue weighted by atomic mass is 32.2. The van der Waals surface area contributed by atoms with Gasteiger partial charge in [0.1, 0.15) is 11.8 Å². The molecule has 0 saturated heterocycles. The van der Waals surface area contributed by atoms with Crippen molar-refractivity contribution in [3.8, 4) is 0 Å². The van der Waals surface area contributed by atoms with Crippen molar-refractivity contribution in [1.82, 2.24) is 0 Å². The van der Waals surface area contributed by atoms with E-state index in [4.69, 9.17) is 30.7 Å². The number of rotatable bonds is 4. The molecule has 0 aliphatic rings. The molecule has 9 heteroatoms. The summed E-state index contributed by atoms with van der Waals surface area (Å²) >= 11 is 0. The van der Waals surface area contributed by atoms with Crippen molar-refractivity contribution in [1.29, 1.82) is 0 Å². The van der Waals surface area contributed by atoms with E-state index in [-0.39, 0.29) is 0 Å². The molecule has 0 aromatic heterocycles. The summed E-state index contributed by atoms with van der Waals surface area (Å²) in [5.41, 5.74) is 4.83. The zero-order chi connectivity index (χ0) is 10.9. The minimum Gasteiger partial charge on any atom is -0.390 e. The highest BCUT2D eigenvalue weighted by Crippen LogP contribution is 2.05. The highest BCUT2D eigenvalue weighted by Gasteiger charge is 2.36. The van der Waals surface area contributed by atoms with Crippen LogP contribution in [0.5, 0.6) is 0 Å². The van der Waals surface area contributed by atoms with Crippen LogP contribution in [0.15, 0.2) is 0 Å². The van der Waals surface area contributed by atoms with Crippen LogP contribution in [-0.4, -0.2) is 57.3 Å². The number of nitrogens with two attached hydrogens (primary N) is 1. The molecule has 2 atom stereocenters. The van der Waals surface area contributed by atoms with Gasteiger partial charge in [0.15, 0.2) is 0 Å². The molecular weight excluding hydrogens is 206 g/mol. The number of aliphatic hydroxyl groups excluding tert-OH is 1. The van der Waals surface area contributed by atoms with Crippen LogP contribution < -0.4 is 5.73 Å². The van der Waals surface area contributed by atoms with E-state index in [9.17, 15) is 8.42 Å². The molecule has 0 spiro atoms. The van der Waals surface area contributed by atoms with Crippen molar-refractivity contribution in [3.05, 3.63) is 0 Å². The van der Waals surface area contributed by atoms with Crippen molar-refractivity contribution in [2.75, 3.05) is 5.75 Å². The molecule has 0 aromatic carbocycles. The summed E-state index contributed by atoms with van der Waals surface area (Å²) in [6, 6.07) is -2.02. The first-order valence-corrected chi connectivity index (χ1v) is 4.71. The third kappa shape index (κ3) is 5.10. The van der Waals surface area contributed by atoms with E-state index in [1.807, 2.05) is 0 Å². The monoisotopic (exact) mass is 217 g/mol. The third-order valence-electron chi connectivity index (χ3n) is 1.24. The van der Waals surface area contributed by atoms with E-state index in [2.05, 4.69) is 0 Å². The van der Waals surface area contributed by atoms with E-state index in [0.29, 0.717) is 0 Å². The van der Waals surface area contributed by atoms with Crippen molar-refractivity contribution in [2.24, 2.45) is 5.73 Å². The molecule has 13 heavy (non-hydrogen) atoms. The number of hydrogen-bond donors (Lipinski definition) is 6. The molecule has 0 saturated carbocycles. The van der Waals surface area contributed by atoms with Gasteiger partial charge < -0.3 is 26.2 Å². The number of aliphatic hydroxyl groups is 4. The van der Waals surface area contributed by atoms with Crippen LogP contribution in [0.2, 0.25) is 0 Å². The van der Waals surface area contributed by atoms with Gasteiger partial charge in [-0.15, -0.1) is 0 Å². The zero-order valence-electron chi connectivity index (χ0n) is 6.40. The van der Waals surface area contributed by atoms with Crippen molar-refractivity contribution >= 4 is 10.1 Å². The maximum absolute atomic E-state index is 10.2. The van der Waals surface area contributed by atoms with Crippen LogP contribution in [0.25, 0.3) is 0 Å². The van der Waals surface area contributed by atoms with Gasteiger partial charge in [-0.2, -0.15) is 8.42 Å². The molecule has 80 valence electrons. The second kappa shape index (κ2) is 3.84. The molecule has 7 N–H and O–H groups in total. The summed E-state index contributed by atoms with van der Waals surface area (Å²) in [6.45, 7) is 0. The van der Waals surface area contributed by atoms with Gasteiger partial charge in [-0.05, 0) is 0 Å². The quantitative estimate of drug-likeness (QED) is 0.206. The van der Waals surface area contributed by atoms with Gasteiger partial charge in [0.05, 0.1) is 6.10 Å². The SMILES string of the molecule is NC(C(O)CS(=O)(=O)O)C(O)(O)O. The lowest BCUT2D eigenvalue weighted by atomic mass is 10.1. The summed E-state index contributed by atoms with van der Waals surface area (Å²) in [5.74, 6) is -4.60. The average molecular weight is 217 g/mol. The Hall–Kier alpha value is -0.290. The fourth-order valence-electron chi connectivity index (χ4n) is 0.578. The van der Waals surface area contributed by atoms with Crippen molar-refractivity contribution in [3.63, 3.8) is 0 Å². The third-order valence-corrected chi connectivity index (χ3v) is 2.01. The minimum atomic E-state index is -4.49. The normalized spacial score (nSPS) is 18.3. The van der Waals surface area contributed by atoms with E-state index in [1.54, 1.807) is 0 Å². The summed E-state index contributed by atoms with van der Waals surface area (Å²) in [4.78, 5) is 0. The Morgan fingerprint density at radius 1 is 1.31 bits per heavy atom. The van der Waals surface area contributed by atoms with Crippen LogP contribution in [0, 0.1) is 0 Å². The summed E-state index contributed by atoms with van der Waals surface area (Å²) in [5, 5.41) is 34.1. The van der Waals surface area contributed by atoms with Crippen LogP contribution in [-0.2, 0) is 10.1 Å². The fraction of sp³-hybridized carbons (Fsp3) is 1.00. The predicted molar refractivity (Wildman–Crippen MR) is 39.8 cm³/mol. The van der Waals surface area contributed by atoms with Gasteiger partial charge in [-0.3, -0.25) is 4.55 Å². The Kier molecular flexibility index (Phi) is 3.75. The fourth-order valence-corrected chi connectivity index (χ4v) is 1.22. The smallest absolute Gasteiger partial charge is 0.294 e. The summed E-state index contributed by atoms with van der Waals surface area (Å²) in [6.07, 6.45) is -1.99. The first-order chi connectivity index (χ1) is 5.54. The van der Waals surface area contributed by atoms with E-state index in [0.717, 1.165) is 0 Å². The van der Waals surface area contributed by atoms with Crippen LogP contribution in [0.1, 0.15) is 0 Å². The molecule has 0 bridgehead atoms. The van der Waals surface area contributed by atoms with Crippen LogP contribution >= 0.6 is 0 Å². The van der Waals surface area contributed by atoms with Gasteiger partial charge in [-0.25, -0.2) is 0 Å². The lowest BCUT2D eigenvalue weighted by molar-refractivity contribution is -0.330. The van der Waals surface area contributed by atoms with Crippen molar-refractivity contribution < 1.29 is 33.4 Å². The Labute approximate surface area is 74.0 Å². The summed E-state index contributed by atoms with van der Waals surface area (Å²) in [7, 11) is -4.49. The predicted octanol–water partition coefficient (Wildman–Crippen LogP) is -3.81. The highest BCUT2D eigenvalue weighted by molar-refractivity contribution is 7.85. The van der Waals surface area contributed by atoms with Gasteiger partial charge in [0.2, 0.25) is 0 Å². The standard InChI is InChI=1S/C4H11NO7S/c5-3(4(7,8)9)2(6)1-13(10,11)12/h2-3,6-9H,1,5H2,(H,10,11,12). The molecular formula is C4H11NO7S. The Morgan fingerprint density at radius 2 is 1.69 bits per heavy atom. The van der Waals surface area contributed by atoms with E-state index < -0.39 is 34.0 Å². The molecule has 0 aromatic rings. The van der Waals surface area contributed by atoms with Crippen molar-refractivity contribution in [2.45, 2.75) is 18.1 Å². The van der Waals surface area contributed by atoms with Gasteiger partial charge in [0, 0.05) is 0 Å². The molecule has 0 aliphatic heterocycles. The van der Waals surface area contributed by atoms with Gasteiger partial charge >= 0.3 is 0 Å². The Bertz CT molecular complexity index is 254. The molecule has 0 aliphatic carbocycles. The Balaban J connectivity index is 4.37. The molecule has 0 radical (unpaired) electrons. The van der Waals surface area contributed by atoms with Gasteiger partial charge in [-0.1, -0.05) is 0 Å². The maximum atomic E-state index is 10.2.